The van der Waals surface area contributed by atoms with Crippen LogP contribution >= 0.6 is 11.6 Å². The molecule has 0 saturated carbocycles. The Bertz CT molecular complexity index is 234. The maximum atomic E-state index is 8.93. The topological polar surface area (TPSA) is 55.2 Å². The van der Waals surface area contributed by atoms with Crippen LogP contribution in [0, 0.1) is 0 Å². The summed E-state index contributed by atoms with van der Waals surface area (Å²) in [5.74, 6) is 0.231. The molecule has 0 aromatic carbocycles. The highest BCUT2D eigenvalue weighted by molar-refractivity contribution is 6.29. The Kier molecular flexibility index (Phi) is 2.62. The van der Waals surface area contributed by atoms with Gasteiger partial charge >= 0.3 is 0 Å². The molecule has 0 spiro atoms. The van der Waals surface area contributed by atoms with Crippen molar-refractivity contribution < 1.29 is 9.84 Å². The average Bonchev–Trinajstić information content (AvgIpc) is 1.85. The summed E-state index contributed by atoms with van der Waals surface area (Å²) in [4.78, 5) is 7.45. The minimum absolute atomic E-state index is 0.142. The van der Waals surface area contributed by atoms with Crippen LogP contribution < -0.4 is 0 Å². The van der Waals surface area contributed by atoms with Crippen LogP contribution in [-0.2, 0) is 11.3 Å². The van der Waals surface area contributed by atoms with Crippen LogP contribution in [0.3, 0.4) is 0 Å². The quantitative estimate of drug-likeness (QED) is 0.680. The number of ether oxygens (including phenoxy) is 1. The van der Waals surface area contributed by atoms with E-state index in [1.807, 2.05) is 0 Å². The molecule has 0 atom stereocenters. The molecule has 0 aliphatic heterocycles. The van der Waals surface area contributed by atoms with Crippen LogP contribution in [0.15, 0.2) is 6.07 Å². The van der Waals surface area contributed by atoms with E-state index in [9.17, 15) is 0 Å². The fraction of sp³-hybridized carbons (Fsp3) is 0.333. The van der Waals surface area contributed by atoms with Crippen LogP contribution in [0.4, 0.5) is 0 Å². The van der Waals surface area contributed by atoms with E-state index >= 15 is 0 Å². The number of hydrogen-bond acceptors (Lipinski definition) is 4. The first kappa shape index (κ1) is 8.23. The van der Waals surface area contributed by atoms with Crippen molar-refractivity contribution in [3.05, 3.63) is 17.0 Å². The number of aromatic hydroxyl groups is 1. The largest absolute Gasteiger partial charge is 0.493 e. The van der Waals surface area contributed by atoms with Crippen molar-refractivity contribution in [1.29, 1.82) is 0 Å². The van der Waals surface area contributed by atoms with Crippen LogP contribution in [0.2, 0.25) is 5.15 Å². The van der Waals surface area contributed by atoms with Gasteiger partial charge < -0.3 is 9.84 Å². The van der Waals surface area contributed by atoms with Gasteiger partial charge in [0.2, 0.25) is 5.88 Å². The predicted octanol–water partition coefficient (Wildman–Crippen LogP) is 0.982. The standard InChI is InChI=1S/C6H7ClN2O2/c1-11-3-5-8-4(7)2-6(10)9-5/h2H,3H2,1H3,(H,8,9,10). The van der Waals surface area contributed by atoms with E-state index in [1.165, 1.54) is 13.2 Å². The molecule has 1 heterocycles. The Morgan fingerprint density at radius 2 is 2.36 bits per heavy atom. The molecule has 0 fully saturated rings. The van der Waals surface area contributed by atoms with Gasteiger partial charge in [-0.2, -0.15) is 4.98 Å². The molecule has 0 unspecified atom stereocenters. The van der Waals surface area contributed by atoms with E-state index in [0.29, 0.717) is 5.82 Å². The second kappa shape index (κ2) is 3.50. The molecule has 4 nitrogen and oxygen atoms in total. The Morgan fingerprint density at radius 3 is 2.91 bits per heavy atom. The molecule has 0 radical (unpaired) electrons. The van der Waals surface area contributed by atoms with E-state index in [-0.39, 0.29) is 17.6 Å². The highest BCUT2D eigenvalue weighted by atomic mass is 35.5. The maximum absolute atomic E-state index is 8.93. The zero-order valence-electron chi connectivity index (χ0n) is 5.91. The van der Waals surface area contributed by atoms with E-state index in [1.54, 1.807) is 0 Å². The van der Waals surface area contributed by atoms with Crippen LogP contribution in [0.5, 0.6) is 5.88 Å². The van der Waals surface area contributed by atoms with Crippen molar-refractivity contribution in [3.8, 4) is 5.88 Å². The number of rotatable bonds is 2. The van der Waals surface area contributed by atoms with E-state index < -0.39 is 0 Å². The van der Waals surface area contributed by atoms with Gasteiger partial charge in [0.25, 0.3) is 0 Å². The van der Waals surface area contributed by atoms with Crippen LogP contribution in [-0.4, -0.2) is 22.2 Å². The third kappa shape index (κ3) is 2.32. The van der Waals surface area contributed by atoms with Gasteiger partial charge in [-0.15, -0.1) is 0 Å². The lowest BCUT2D eigenvalue weighted by molar-refractivity contribution is 0.177. The van der Waals surface area contributed by atoms with E-state index in [4.69, 9.17) is 21.4 Å². The molecule has 11 heavy (non-hydrogen) atoms. The van der Waals surface area contributed by atoms with Gasteiger partial charge in [0.1, 0.15) is 11.8 Å². The minimum atomic E-state index is -0.142. The summed E-state index contributed by atoms with van der Waals surface area (Å²) in [6, 6.07) is 1.26. The molecule has 1 aromatic rings. The molecule has 0 bridgehead atoms. The van der Waals surface area contributed by atoms with Gasteiger partial charge in [-0.25, -0.2) is 4.98 Å². The fourth-order valence-electron chi connectivity index (χ4n) is 0.645. The zero-order chi connectivity index (χ0) is 8.27. The third-order valence-corrected chi connectivity index (χ3v) is 1.19. The predicted molar refractivity (Wildman–Crippen MR) is 39.4 cm³/mol. The monoisotopic (exact) mass is 174 g/mol. The number of hydrogen-bond donors (Lipinski definition) is 1. The number of halogens is 1. The maximum Gasteiger partial charge on any atom is 0.215 e. The molecule has 5 heteroatoms. The summed E-state index contributed by atoms with van der Waals surface area (Å²) in [5.41, 5.74) is 0. The molecule has 0 amide bonds. The lowest BCUT2D eigenvalue weighted by Crippen LogP contribution is -1.96. The van der Waals surface area contributed by atoms with Gasteiger partial charge in [0, 0.05) is 13.2 Å². The Hall–Kier alpha value is -0.870. The van der Waals surface area contributed by atoms with Gasteiger partial charge in [0.05, 0.1) is 0 Å². The Balaban J connectivity index is 2.89. The van der Waals surface area contributed by atoms with Gasteiger partial charge in [-0.1, -0.05) is 11.6 Å². The first-order valence-corrected chi connectivity index (χ1v) is 3.31. The van der Waals surface area contributed by atoms with Gasteiger partial charge in [0.15, 0.2) is 5.82 Å². The number of aromatic nitrogens is 2. The summed E-state index contributed by atoms with van der Waals surface area (Å²) in [7, 11) is 1.52. The average molecular weight is 175 g/mol. The van der Waals surface area contributed by atoms with Crippen molar-refractivity contribution in [2.24, 2.45) is 0 Å². The normalized spacial score (nSPS) is 10.0. The Labute approximate surface area is 68.8 Å². The molecule has 0 saturated heterocycles. The number of methoxy groups -OCH3 is 1. The summed E-state index contributed by atoms with van der Waals surface area (Å²) >= 11 is 5.52. The smallest absolute Gasteiger partial charge is 0.215 e. The molecule has 0 aliphatic rings. The fourth-order valence-corrected chi connectivity index (χ4v) is 0.840. The summed E-state index contributed by atoms with van der Waals surface area (Å²) in [5, 5.41) is 9.14. The second-order valence-corrected chi connectivity index (χ2v) is 2.29. The highest BCUT2D eigenvalue weighted by Gasteiger charge is 2.00. The Morgan fingerprint density at radius 1 is 1.64 bits per heavy atom. The molecule has 1 aromatic heterocycles. The van der Waals surface area contributed by atoms with Crippen molar-refractivity contribution in [3.63, 3.8) is 0 Å². The van der Waals surface area contributed by atoms with Crippen LogP contribution in [0.1, 0.15) is 5.82 Å². The summed E-state index contributed by atoms with van der Waals surface area (Å²) in [6.07, 6.45) is 0. The van der Waals surface area contributed by atoms with E-state index in [2.05, 4.69) is 9.97 Å². The van der Waals surface area contributed by atoms with Gasteiger partial charge in [-0.3, -0.25) is 0 Å². The van der Waals surface area contributed by atoms with Crippen molar-refractivity contribution in [2.45, 2.75) is 6.61 Å². The summed E-state index contributed by atoms with van der Waals surface area (Å²) < 4.78 is 4.74. The second-order valence-electron chi connectivity index (χ2n) is 1.90. The lowest BCUT2D eigenvalue weighted by atomic mass is 10.5. The molecular formula is C6H7ClN2O2. The molecular weight excluding hydrogens is 168 g/mol. The third-order valence-electron chi connectivity index (χ3n) is 1.00. The molecule has 0 aliphatic carbocycles. The first-order valence-electron chi connectivity index (χ1n) is 2.93. The van der Waals surface area contributed by atoms with Crippen molar-refractivity contribution in [1.82, 2.24) is 9.97 Å². The highest BCUT2D eigenvalue weighted by Crippen LogP contribution is 2.11. The zero-order valence-corrected chi connectivity index (χ0v) is 6.67. The van der Waals surface area contributed by atoms with Crippen LogP contribution in [0.25, 0.3) is 0 Å². The lowest BCUT2D eigenvalue weighted by Gasteiger charge is -1.98. The van der Waals surface area contributed by atoms with E-state index in [0.717, 1.165) is 0 Å². The summed E-state index contributed by atoms with van der Waals surface area (Å²) in [6.45, 7) is 0.244. The molecule has 1 N–H and O–H groups in total. The van der Waals surface area contributed by atoms with Crippen molar-refractivity contribution in [2.75, 3.05) is 7.11 Å². The minimum Gasteiger partial charge on any atom is -0.493 e. The first-order chi connectivity index (χ1) is 5.22. The SMILES string of the molecule is COCc1nc(O)cc(Cl)n1. The van der Waals surface area contributed by atoms with Gasteiger partial charge in [-0.05, 0) is 0 Å². The van der Waals surface area contributed by atoms with Crippen molar-refractivity contribution >= 4 is 11.6 Å². The molecule has 1 rings (SSSR count). The molecule has 60 valence electrons. The number of nitrogens with zero attached hydrogens (tertiary/aromatic N) is 2.